The third kappa shape index (κ3) is 8.12. The second-order valence-electron chi connectivity index (χ2n) is 7.74. The molecule has 0 fully saturated rings. The molecule has 0 radical (unpaired) electrons. The molecule has 0 spiro atoms. The normalized spacial score (nSPS) is 10.3. The highest BCUT2D eigenvalue weighted by Gasteiger charge is 2.05. The zero-order valence-corrected chi connectivity index (χ0v) is 19.4. The lowest BCUT2D eigenvalue weighted by atomic mass is 10.2. The van der Waals surface area contributed by atoms with Gasteiger partial charge in [-0.25, -0.2) is 0 Å². The number of amides is 1. The summed E-state index contributed by atoms with van der Waals surface area (Å²) < 4.78 is 17.1. The monoisotopic (exact) mass is 468 g/mol. The van der Waals surface area contributed by atoms with Crippen LogP contribution in [-0.4, -0.2) is 25.7 Å². The number of hydrogen-bond acceptors (Lipinski definition) is 5. The van der Waals surface area contributed by atoms with Crippen molar-refractivity contribution in [3.05, 3.63) is 115 Å². The van der Waals surface area contributed by atoms with Crippen molar-refractivity contribution in [2.24, 2.45) is 0 Å². The maximum Gasteiger partial charge on any atom is 0.243 e. The van der Waals surface area contributed by atoms with Gasteiger partial charge in [0.25, 0.3) is 0 Å². The van der Waals surface area contributed by atoms with Crippen LogP contribution in [0.25, 0.3) is 0 Å². The predicted octanol–water partition coefficient (Wildman–Crippen LogP) is 5.77. The highest BCUT2D eigenvalue weighted by atomic mass is 16.5. The van der Waals surface area contributed by atoms with Crippen LogP contribution in [0.15, 0.2) is 109 Å². The molecule has 0 aliphatic carbocycles. The van der Waals surface area contributed by atoms with Gasteiger partial charge < -0.3 is 24.8 Å². The molecule has 0 unspecified atom stereocenters. The van der Waals surface area contributed by atoms with Gasteiger partial charge in [-0.05, 0) is 54.1 Å². The lowest BCUT2D eigenvalue weighted by Gasteiger charge is -2.11. The summed E-state index contributed by atoms with van der Waals surface area (Å²) in [5.41, 5.74) is 2.60. The second-order valence-corrected chi connectivity index (χ2v) is 7.74. The molecule has 35 heavy (non-hydrogen) atoms. The average Bonchev–Trinajstić information content (AvgIpc) is 2.91. The predicted molar refractivity (Wildman–Crippen MR) is 138 cm³/mol. The van der Waals surface area contributed by atoms with Crippen LogP contribution >= 0.6 is 0 Å². The Morgan fingerprint density at radius 1 is 0.600 bits per heavy atom. The van der Waals surface area contributed by atoms with E-state index in [-0.39, 0.29) is 12.5 Å². The fraction of sp³-hybridized carbons (Fsp3) is 0.138. The zero-order chi connectivity index (χ0) is 24.1. The largest absolute Gasteiger partial charge is 0.490 e. The van der Waals surface area contributed by atoms with Crippen LogP contribution in [0.1, 0.15) is 5.56 Å². The molecule has 6 nitrogen and oxygen atoms in total. The highest BCUT2D eigenvalue weighted by Crippen LogP contribution is 2.19. The molecule has 178 valence electrons. The molecule has 0 aliphatic rings. The summed E-state index contributed by atoms with van der Waals surface area (Å²) in [6, 6.07) is 34.4. The Labute approximate surface area is 205 Å². The fourth-order valence-electron chi connectivity index (χ4n) is 3.30. The Bertz CT molecular complexity index is 1180. The first-order chi connectivity index (χ1) is 17.2. The number of rotatable bonds is 12. The molecule has 0 bridgehead atoms. The van der Waals surface area contributed by atoms with Gasteiger partial charge in [0.15, 0.2) is 0 Å². The van der Waals surface area contributed by atoms with E-state index in [9.17, 15) is 4.79 Å². The molecule has 0 heterocycles. The van der Waals surface area contributed by atoms with Crippen molar-refractivity contribution >= 4 is 17.3 Å². The van der Waals surface area contributed by atoms with Crippen molar-refractivity contribution in [3.8, 4) is 17.2 Å². The van der Waals surface area contributed by atoms with Gasteiger partial charge in [-0.1, -0.05) is 54.6 Å². The van der Waals surface area contributed by atoms with Gasteiger partial charge in [-0.3, -0.25) is 4.79 Å². The van der Waals surface area contributed by atoms with E-state index in [0.717, 1.165) is 22.7 Å². The SMILES string of the molecule is O=C(CNc1ccc(OCCOc2ccccc2)cc1)Nc1cccc(OCc2ccccc2)c1. The van der Waals surface area contributed by atoms with E-state index in [0.29, 0.717) is 31.3 Å². The number of ether oxygens (including phenoxy) is 3. The van der Waals surface area contributed by atoms with E-state index in [2.05, 4.69) is 10.6 Å². The summed E-state index contributed by atoms with van der Waals surface area (Å²) in [6.07, 6.45) is 0. The number of hydrogen-bond donors (Lipinski definition) is 2. The molecule has 0 saturated heterocycles. The average molecular weight is 469 g/mol. The van der Waals surface area contributed by atoms with Crippen LogP contribution in [0.2, 0.25) is 0 Å². The Morgan fingerprint density at radius 3 is 1.94 bits per heavy atom. The molecule has 2 N–H and O–H groups in total. The maximum absolute atomic E-state index is 12.4. The summed E-state index contributed by atoms with van der Waals surface area (Å²) in [7, 11) is 0. The molecular weight excluding hydrogens is 440 g/mol. The molecule has 4 rings (SSSR count). The van der Waals surface area contributed by atoms with Crippen LogP contribution < -0.4 is 24.8 Å². The van der Waals surface area contributed by atoms with Crippen molar-refractivity contribution < 1.29 is 19.0 Å². The van der Waals surface area contributed by atoms with E-state index in [1.165, 1.54) is 0 Å². The van der Waals surface area contributed by atoms with Gasteiger partial charge in [0.05, 0.1) is 6.54 Å². The van der Waals surface area contributed by atoms with Crippen LogP contribution in [0.5, 0.6) is 17.2 Å². The molecule has 0 aliphatic heterocycles. The van der Waals surface area contributed by atoms with Crippen molar-refractivity contribution in [3.63, 3.8) is 0 Å². The van der Waals surface area contributed by atoms with Gasteiger partial charge in [0.1, 0.15) is 37.1 Å². The van der Waals surface area contributed by atoms with Crippen LogP contribution in [0.3, 0.4) is 0 Å². The molecule has 4 aromatic carbocycles. The molecule has 0 saturated carbocycles. The van der Waals surface area contributed by atoms with Gasteiger partial charge in [0.2, 0.25) is 5.91 Å². The van der Waals surface area contributed by atoms with E-state index < -0.39 is 0 Å². The van der Waals surface area contributed by atoms with Crippen LogP contribution in [0.4, 0.5) is 11.4 Å². The molecule has 1 amide bonds. The molecular formula is C29H28N2O4. The van der Waals surface area contributed by atoms with E-state index in [1.54, 1.807) is 0 Å². The number of carbonyl (C=O) groups excluding carboxylic acids is 1. The minimum atomic E-state index is -0.149. The third-order valence-electron chi connectivity index (χ3n) is 5.04. The topological polar surface area (TPSA) is 68.8 Å². The quantitative estimate of drug-likeness (QED) is 0.258. The first-order valence-corrected chi connectivity index (χ1v) is 11.5. The summed E-state index contributed by atoms with van der Waals surface area (Å²) >= 11 is 0. The number of para-hydroxylation sites is 1. The van der Waals surface area contributed by atoms with Crippen molar-refractivity contribution in [1.29, 1.82) is 0 Å². The Morgan fingerprint density at radius 2 is 1.23 bits per heavy atom. The second kappa shape index (κ2) is 12.7. The summed E-state index contributed by atoms with van der Waals surface area (Å²) in [6.45, 7) is 1.51. The molecule has 6 heteroatoms. The van der Waals surface area contributed by atoms with E-state index >= 15 is 0 Å². The van der Waals surface area contributed by atoms with Crippen LogP contribution in [-0.2, 0) is 11.4 Å². The minimum Gasteiger partial charge on any atom is -0.490 e. The first-order valence-electron chi connectivity index (χ1n) is 11.5. The first kappa shape index (κ1) is 23.7. The Balaban J connectivity index is 1.16. The van der Waals surface area contributed by atoms with E-state index in [1.807, 2.05) is 109 Å². The molecule has 4 aromatic rings. The fourth-order valence-corrected chi connectivity index (χ4v) is 3.30. The summed E-state index contributed by atoms with van der Waals surface area (Å²) in [5.74, 6) is 2.11. The van der Waals surface area contributed by atoms with Gasteiger partial charge in [-0.2, -0.15) is 0 Å². The number of carbonyl (C=O) groups is 1. The standard InChI is InChI=1S/C29H28N2O4/c32-29(31-25-10-7-13-28(20-25)35-22-23-8-3-1-4-9-23)21-30-24-14-16-27(17-15-24)34-19-18-33-26-11-5-2-6-12-26/h1-17,20,30H,18-19,21-22H2,(H,31,32). The number of benzene rings is 4. The van der Waals surface area contributed by atoms with E-state index in [4.69, 9.17) is 14.2 Å². The summed E-state index contributed by atoms with van der Waals surface area (Å²) in [5, 5.41) is 6.01. The van der Waals surface area contributed by atoms with Crippen molar-refractivity contribution in [2.75, 3.05) is 30.4 Å². The third-order valence-corrected chi connectivity index (χ3v) is 5.04. The minimum absolute atomic E-state index is 0.139. The van der Waals surface area contributed by atoms with Crippen LogP contribution in [0, 0.1) is 0 Å². The summed E-state index contributed by atoms with van der Waals surface area (Å²) in [4.78, 5) is 12.4. The van der Waals surface area contributed by atoms with Gasteiger partial charge in [0, 0.05) is 17.4 Å². The maximum atomic E-state index is 12.4. The highest BCUT2D eigenvalue weighted by molar-refractivity contribution is 5.93. The number of nitrogens with one attached hydrogen (secondary N) is 2. The Kier molecular flexibility index (Phi) is 8.60. The van der Waals surface area contributed by atoms with Crippen molar-refractivity contribution in [2.45, 2.75) is 6.61 Å². The Hall–Kier alpha value is -4.45. The lowest BCUT2D eigenvalue weighted by Crippen LogP contribution is -2.21. The zero-order valence-electron chi connectivity index (χ0n) is 19.4. The lowest BCUT2D eigenvalue weighted by molar-refractivity contribution is -0.114. The van der Waals surface area contributed by atoms with Gasteiger partial charge in [-0.15, -0.1) is 0 Å². The van der Waals surface area contributed by atoms with Gasteiger partial charge >= 0.3 is 0 Å². The molecule has 0 atom stereocenters. The van der Waals surface area contributed by atoms with Crippen molar-refractivity contribution in [1.82, 2.24) is 0 Å². The number of anilines is 2. The molecule has 0 aromatic heterocycles. The smallest absolute Gasteiger partial charge is 0.243 e.